The first kappa shape index (κ1) is 13.5. The number of anilines is 1. The molecule has 7 heteroatoms. The molecule has 2 heterocycles. The Morgan fingerprint density at radius 3 is 2.86 bits per heavy atom. The first-order chi connectivity index (χ1) is 10.2. The molecule has 0 saturated carbocycles. The zero-order chi connectivity index (χ0) is 14.7. The van der Waals surface area contributed by atoms with Crippen LogP contribution in [0.15, 0.2) is 48.9 Å². The average molecular weight is 301 g/mol. The van der Waals surface area contributed by atoms with Crippen LogP contribution in [0.3, 0.4) is 0 Å². The second-order valence-corrected chi connectivity index (χ2v) is 4.95. The molecule has 0 aliphatic carbocycles. The summed E-state index contributed by atoms with van der Waals surface area (Å²) in [5.74, 6) is 0. The number of benzene rings is 1. The van der Waals surface area contributed by atoms with Crippen molar-refractivity contribution in [1.82, 2.24) is 25.2 Å². The zero-order valence-corrected chi connectivity index (χ0v) is 12.1. The van der Waals surface area contributed by atoms with Gasteiger partial charge in [-0.05, 0) is 47.7 Å². The van der Waals surface area contributed by atoms with Crippen LogP contribution in [0.25, 0.3) is 5.69 Å². The lowest BCUT2D eigenvalue weighted by Crippen LogP contribution is -2.09. The third-order valence-electron chi connectivity index (χ3n) is 3.07. The number of pyridine rings is 1. The maximum Gasteiger partial charge on any atom is 0.143 e. The molecule has 0 aliphatic rings. The highest BCUT2D eigenvalue weighted by Gasteiger charge is 2.10. The fraction of sp³-hybridized carbons (Fsp3) is 0.143. The molecule has 2 aromatic heterocycles. The van der Waals surface area contributed by atoms with Gasteiger partial charge in [0.1, 0.15) is 6.33 Å². The minimum atomic E-state index is 0.0350. The van der Waals surface area contributed by atoms with E-state index < -0.39 is 0 Å². The number of hydrogen-bond donors (Lipinski definition) is 1. The minimum absolute atomic E-state index is 0.0350. The molecule has 0 radical (unpaired) electrons. The topological polar surface area (TPSA) is 68.5 Å². The molecule has 0 bridgehead atoms. The lowest BCUT2D eigenvalue weighted by atomic mass is 10.2. The maximum atomic E-state index is 6.25. The van der Waals surface area contributed by atoms with Gasteiger partial charge < -0.3 is 5.32 Å². The fourth-order valence-electron chi connectivity index (χ4n) is 1.99. The smallest absolute Gasteiger partial charge is 0.143 e. The van der Waals surface area contributed by atoms with Gasteiger partial charge in [0, 0.05) is 6.20 Å². The number of tetrazole rings is 1. The van der Waals surface area contributed by atoms with Gasteiger partial charge in [0.25, 0.3) is 0 Å². The number of aromatic nitrogens is 5. The highest BCUT2D eigenvalue weighted by Crippen LogP contribution is 2.27. The quantitative estimate of drug-likeness (QED) is 0.802. The van der Waals surface area contributed by atoms with Gasteiger partial charge in [0.15, 0.2) is 0 Å². The van der Waals surface area contributed by atoms with E-state index in [9.17, 15) is 0 Å². The van der Waals surface area contributed by atoms with Gasteiger partial charge in [0.2, 0.25) is 0 Å². The second-order valence-electron chi connectivity index (χ2n) is 4.54. The Morgan fingerprint density at radius 2 is 2.14 bits per heavy atom. The van der Waals surface area contributed by atoms with Gasteiger partial charge in [0.05, 0.1) is 28.1 Å². The van der Waals surface area contributed by atoms with E-state index in [0.29, 0.717) is 5.02 Å². The summed E-state index contributed by atoms with van der Waals surface area (Å²) in [6.07, 6.45) is 3.31. The van der Waals surface area contributed by atoms with Gasteiger partial charge in [-0.2, -0.15) is 0 Å². The third-order valence-corrected chi connectivity index (χ3v) is 3.40. The zero-order valence-electron chi connectivity index (χ0n) is 11.3. The Morgan fingerprint density at radius 1 is 1.24 bits per heavy atom. The van der Waals surface area contributed by atoms with Crippen LogP contribution in [0.4, 0.5) is 5.69 Å². The van der Waals surface area contributed by atoms with Crippen LogP contribution in [0, 0.1) is 0 Å². The van der Waals surface area contributed by atoms with E-state index in [4.69, 9.17) is 11.6 Å². The molecule has 1 aromatic carbocycles. The number of halogens is 1. The number of rotatable bonds is 4. The van der Waals surface area contributed by atoms with E-state index in [1.807, 2.05) is 43.3 Å². The molecule has 0 spiro atoms. The summed E-state index contributed by atoms with van der Waals surface area (Å²) in [4.78, 5) is 4.33. The first-order valence-electron chi connectivity index (χ1n) is 6.44. The molecule has 0 amide bonds. The molecule has 0 saturated heterocycles. The van der Waals surface area contributed by atoms with Gasteiger partial charge in [-0.15, -0.1) is 5.10 Å². The monoisotopic (exact) mass is 300 g/mol. The molecule has 0 aliphatic heterocycles. The summed E-state index contributed by atoms with van der Waals surface area (Å²) >= 11 is 6.25. The standard InChI is InChI=1S/C14H13ClN6/c1-10(13-4-2-3-7-16-13)18-14-8-11(5-6-12(14)15)21-9-17-19-20-21/h2-10,18H,1H3. The predicted molar refractivity (Wildman–Crippen MR) is 80.4 cm³/mol. The Balaban J connectivity index is 1.86. The number of nitrogens with zero attached hydrogens (tertiary/aromatic N) is 5. The van der Waals surface area contributed by atoms with Crippen molar-refractivity contribution in [2.24, 2.45) is 0 Å². The Hall–Kier alpha value is -2.47. The molecule has 21 heavy (non-hydrogen) atoms. The summed E-state index contributed by atoms with van der Waals surface area (Å²) in [6.45, 7) is 2.03. The van der Waals surface area contributed by atoms with Crippen LogP contribution in [0.1, 0.15) is 18.7 Å². The van der Waals surface area contributed by atoms with E-state index >= 15 is 0 Å². The van der Waals surface area contributed by atoms with Gasteiger partial charge >= 0.3 is 0 Å². The molecule has 3 rings (SSSR count). The van der Waals surface area contributed by atoms with Crippen LogP contribution in [0.5, 0.6) is 0 Å². The second kappa shape index (κ2) is 5.88. The lowest BCUT2D eigenvalue weighted by molar-refractivity contribution is 0.788. The number of hydrogen-bond acceptors (Lipinski definition) is 5. The SMILES string of the molecule is CC(Nc1cc(-n2cnnn2)ccc1Cl)c1ccccn1. The predicted octanol–water partition coefficient (Wildman–Crippen LogP) is 2.88. The van der Waals surface area contributed by atoms with Crippen molar-refractivity contribution < 1.29 is 0 Å². The van der Waals surface area contributed by atoms with Crippen molar-refractivity contribution >= 4 is 17.3 Å². The summed E-state index contributed by atoms with van der Waals surface area (Å²) in [7, 11) is 0. The normalized spacial score (nSPS) is 12.1. The highest BCUT2D eigenvalue weighted by atomic mass is 35.5. The van der Waals surface area contributed by atoms with Crippen LogP contribution in [-0.2, 0) is 0 Å². The van der Waals surface area contributed by atoms with Crippen molar-refractivity contribution in [3.63, 3.8) is 0 Å². The Bertz CT molecular complexity index is 714. The summed E-state index contributed by atoms with van der Waals surface area (Å²) < 4.78 is 1.58. The molecule has 1 atom stereocenters. The Labute approximate surface area is 126 Å². The third kappa shape index (κ3) is 3.00. The molecule has 3 aromatic rings. The largest absolute Gasteiger partial charge is 0.376 e. The molecule has 1 unspecified atom stereocenters. The highest BCUT2D eigenvalue weighted by molar-refractivity contribution is 6.33. The average Bonchev–Trinajstić information content (AvgIpc) is 3.04. The summed E-state index contributed by atoms with van der Waals surface area (Å²) in [5.41, 5.74) is 2.59. The van der Waals surface area contributed by atoms with Crippen LogP contribution < -0.4 is 5.32 Å². The maximum absolute atomic E-state index is 6.25. The molecular weight excluding hydrogens is 288 g/mol. The van der Waals surface area contributed by atoms with E-state index in [-0.39, 0.29) is 6.04 Å². The molecular formula is C14H13ClN6. The molecule has 1 N–H and O–H groups in total. The van der Waals surface area contributed by atoms with Crippen LogP contribution in [0.2, 0.25) is 5.02 Å². The van der Waals surface area contributed by atoms with E-state index in [2.05, 4.69) is 25.8 Å². The van der Waals surface area contributed by atoms with E-state index in [0.717, 1.165) is 17.1 Å². The molecule has 106 valence electrons. The van der Waals surface area contributed by atoms with E-state index in [1.54, 1.807) is 10.9 Å². The minimum Gasteiger partial charge on any atom is -0.376 e. The lowest BCUT2D eigenvalue weighted by Gasteiger charge is -2.16. The van der Waals surface area contributed by atoms with Crippen LogP contribution in [-0.4, -0.2) is 25.2 Å². The Kier molecular flexibility index (Phi) is 3.79. The molecule has 6 nitrogen and oxygen atoms in total. The van der Waals surface area contributed by atoms with Crippen LogP contribution >= 0.6 is 11.6 Å². The summed E-state index contributed by atoms with van der Waals surface area (Å²) in [5, 5.41) is 15.1. The van der Waals surface area contributed by atoms with E-state index in [1.165, 1.54) is 6.33 Å². The number of nitrogens with one attached hydrogen (secondary N) is 1. The van der Waals surface area contributed by atoms with Gasteiger partial charge in [-0.25, -0.2) is 4.68 Å². The van der Waals surface area contributed by atoms with Gasteiger partial charge in [-0.3, -0.25) is 4.98 Å². The van der Waals surface area contributed by atoms with Crippen molar-refractivity contribution in [1.29, 1.82) is 0 Å². The van der Waals surface area contributed by atoms with Crippen molar-refractivity contribution in [3.05, 3.63) is 59.6 Å². The van der Waals surface area contributed by atoms with Gasteiger partial charge in [-0.1, -0.05) is 17.7 Å². The van der Waals surface area contributed by atoms with Crippen molar-refractivity contribution in [2.45, 2.75) is 13.0 Å². The van der Waals surface area contributed by atoms with Crippen molar-refractivity contribution in [3.8, 4) is 5.69 Å². The molecule has 0 fully saturated rings. The summed E-state index contributed by atoms with van der Waals surface area (Å²) in [6, 6.07) is 11.4. The van der Waals surface area contributed by atoms with Crippen molar-refractivity contribution in [2.75, 3.05) is 5.32 Å². The fourth-order valence-corrected chi connectivity index (χ4v) is 2.16. The first-order valence-corrected chi connectivity index (χ1v) is 6.82.